The zero-order chi connectivity index (χ0) is 32.7. The molecular formula is C32H42FN5O7S. The summed E-state index contributed by atoms with van der Waals surface area (Å²) in [6.07, 6.45) is 4.60. The molecule has 3 fully saturated rings. The van der Waals surface area contributed by atoms with Gasteiger partial charge in [0.05, 0.1) is 43.4 Å². The number of nitrogens with zero attached hydrogens (tertiary/aromatic N) is 2. The van der Waals surface area contributed by atoms with Gasteiger partial charge in [-0.05, 0) is 55.7 Å². The molecule has 1 saturated carbocycles. The number of ether oxygens (including phenoxy) is 2. The summed E-state index contributed by atoms with van der Waals surface area (Å²) in [5.74, 6) is -1.00. The number of hydrogen-bond acceptors (Lipinski definition) is 9. The van der Waals surface area contributed by atoms with E-state index in [0.29, 0.717) is 43.0 Å². The first-order valence-electron chi connectivity index (χ1n) is 15.7. The summed E-state index contributed by atoms with van der Waals surface area (Å²) in [7, 11) is -3.69. The van der Waals surface area contributed by atoms with E-state index in [1.54, 1.807) is 29.2 Å². The predicted octanol–water partition coefficient (Wildman–Crippen LogP) is 2.31. The van der Waals surface area contributed by atoms with Crippen molar-refractivity contribution in [2.45, 2.75) is 50.1 Å². The fourth-order valence-corrected chi connectivity index (χ4v) is 6.78. The van der Waals surface area contributed by atoms with E-state index in [1.165, 1.54) is 12.1 Å². The minimum Gasteiger partial charge on any atom is -0.492 e. The largest absolute Gasteiger partial charge is 0.492 e. The summed E-state index contributed by atoms with van der Waals surface area (Å²) in [4.78, 5) is 44.3. The van der Waals surface area contributed by atoms with E-state index < -0.39 is 33.3 Å². The molecule has 2 saturated heterocycles. The number of halogens is 1. The van der Waals surface area contributed by atoms with Gasteiger partial charge in [0.1, 0.15) is 23.7 Å². The van der Waals surface area contributed by atoms with E-state index >= 15 is 0 Å². The number of benzene rings is 2. The molecule has 12 nitrogen and oxygen atoms in total. The lowest BCUT2D eigenvalue weighted by atomic mass is 9.80. The third-order valence-electron chi connectivity index (χ3n) is 8.71. The van der Waals surface area contributed by atoms with Crippen molar-refractivity contribution >= 4 is 39.0 Å². The molecule has 2 heterocycles. The average Bonchev–Trinajstić information content (AvgIpc) is 3.02. The molecule has 5 rings (SSSR count). The average molecular weight is 660 g/mol. The third-order valence-corrected chi connectivity index (χ3v) is 9.30. The van der Waals surface area contributed by atoms with E-state index in [9.17, 15) is 27.2 Å². The van der Waals surface area contributed by atoms with Crippen LogP contribution in [0.5, 0.6) is 5.75 Å². The highest BCUT2D eigenvalue weighted by atomic mass is 32.2. The van der Waals surface area contributed by atoms with Crippen LogP contribution in [0.15, 0.2) is 42.5 Å². The Balaban J connectivity index is 1.19. The van der Waals surface area contributed by atoms with E-state index in [1.807, 2.05) is 0 Å². The second kappa shape index (κ2) is 14.8. The highest BCUT2D eigenvalue weighted by Gasteiger charge is 2.43. The topological polar surface area (TPSA) is 146 Å². The minimum atomic E-state index is -3.69. The van der Waals surface area contributed by atoms with Crippen molar-refractivity contribution in [2.24, 2.45) is 0 Å². The van der Waals surface area contributed by atoms with Gasteiger partial charge in [0.2, 0.25) is 15.9 Å². The standard InChI is InChI=1S/C32H42FN5O7S/c1-46(42,43)36-27-21-24(33)7-10-28(27)38-14-11-26(29(39)22-38)34-31(41)32(12-3-2-4-13-32)35-30(40)23-5-8-25(9-6-23)45-20-17-37-15-18-44-19-16-37/h5-10,21,26,36H,2-4,11-20,22H2,1H3,(H,34,41)(H,35,40). The van der Waals surface area contributed by atoms with Gasteiger partial charge >= 0.3 is 0 Å². The van der Waals surface area contributed by atoms with Gasteiger partial charge in [-0.2, -0.15) is 0 Å². The number of hydrogen-bond donors (Lipinski definition) is 3. The Labute approximate surface area is 269 Å². The number of morpholine rings is 1. The molecule has 0 bridgehead atoms. The normalized spacial score (nSPS) is 20.5. The van der Waals surface area contributed by atoms with E-state index in [4.69, 9.17) is 9.47 Å². The Morgan fingerprint density at radius 2 is 1.76 bits per heavy atom. The van der Waals surface area contributed by atoms with Crippen molar-refractivity contribution < 1.29 is 36.7 Å². The van der Waals surface area contributed by atoms with Gasteiger partial charge in [-0.25, -0.2) is 12.8 Å². The summed E-state index contributed by atoms with van der Waals surface area (Å²) < 4.78 is 51.1. The van der Waals surface area contributed by atoms with Gasteiger partial charge in [0, 0.05) is 37.8 Å². The highest BCUT2D eigenvalue weighted by Crippen LogP contribution is 2.32. The van der Waals surface area contributed by atoms with Gasteiger partial charge in [0.25, 0.3) is 5.91 Å². The van der Waals surface area contributed by atoms with Crippen molar-refractivity contribution in [3.05, 3.63) is 53.8 Å². The Kier molecular flexibility index (Phi) is 10.8. The number of amides is 2. The number of carbonyl (C=O) groups is 3. The molecule has 2 aliphatic heterocycles. The number of nitrogens with one attached hydrogen (secondary N) is 3. The molecule has 3 N–H and O–H groups in total. The first kappa shape index (κ1) is 33.6. The lowest BCUT2D eigenvalue weighted by Gasteiger charge is -2.39. The monoisotopic (exact) mass is 659 g/mol. The molecule has 2 aromatic carbocycles. The molecule has 1 aliphatic carbocycles. The number of sulfonamides is 1. The van der Waals surface area contributed by atoms with Crippen LogP contribution in [-0.4, -0.2) is 101 Å². The summed E-state index contributed by atoms with van der Waals surface area (Å²) >= 11 is 0. The van der Waals surface area contributed by atoms with Crippen LogP contribution in [0.3, 0.4) is 0 Å². The van der Waals surface area contributed by atoms with Crippen molar-refractivity contribution in [1.82, 2.24) is 15.5 Å². The minimum absolute atomic E-state index is 0.0363. The maximum atomic E-state index is 13.9. The summed E-state index contributed by atoms with van der Waals surface area (Å²) in [5, 5.41) is 5.89. The van der Waals surface area contributed by atoms with Crippen LogP contribution in [0, 0.1) is 5.82 Å². The number of piperidine rings is 1. The molecule has 3 aliphatic rings. The van der Waals surface area contributed by atoms with Gasteiger partial charge in [0.15, 0.2) is 5.78 Å². The maximum Gasteiger partial charge on any atom is 0.252 e. The lowest BCUT2D eigenvalue weighted by molar-refractivity contribution is -0.133. The lowest BCUT2D eigenvalue weighted by Crippen LogP contribution is -2.63. The SMILES string of the molecule is CS(=O)(=O)Nc1cc(F)ccc1N1CCC(NC(=O)C2(NC(=O)c3ccc(OCCN4CCOCC4)cc3)CCCCC2)C(=O)C1. The number of anilines is 2. The smallest absolute Gasteiger partial charge is 0.252 e. The van der Waals surface area contributed by atoms with Crippen LogP contribution in [0.4, 0.5) is 15.8 Å². The van der Waals surface area contributed by atoms with Gasteiger partial charge in [-0.1, -0.05) is 19.3 Å². The summed E-state index contributed by atoms with van der Waals surface area (Å²) in [6, 6.07) is 9.75. The zero-order valence-corrected chi connectivity index (χ0v) is 26.9. The zero-order valence-electron chi connectivity index (χ0n) is 26.1. The second-order valence-electron chi connectivity index (χ2n) is 12.2. The number of ketones is 1. The van der Waals surface area contributed by atoms with E-state index in [0.717, 1.165) is 64.4 Å². The molecule has 2 aromatic rings. The molecule has 1 unspecified atom stereocenters. The van der Waals surface area contributed by atoms with Crippen LogP contribution < -0.4 is 25.0 Å². The van der Waals surface area contributed by atoms with Crippen LogP contribution in [0.25, 0.3) is 0 Å². The number of rotatable bonds is 11. The van der Waals surface area contributed by atoms with Gasteiger partial charge in [-0.15, -0.1) is 0 Å². The van der Waals surface area contributed by atoms with Gasteiger partial charge in [-0.3, -0.25) is 24.0 Å². The van der Waals surface area contributed by atoms with E-state index in [2.05, 4.69) is 20.3 Å². The van der Waals surface area contributed by atoms with E-state index in [-0.39, 0.29) is 30.3 Å². The quantitative estimate of drug-likeness (QED) is 0.331. The molecule has 250 valence electrons. The number of Topliss-reactive ketones (excluding diaryl/α,β-unsaturated/α-hetero) is 1. The number of carbonyl (C=O) groups excluding carboxylic acids is 3. The maximum absolute atomic E-state index is 13.9. The van der Waals surface area contributed by atoms with Crippen molar-refractivity contribution in [3.8, 4) is 5.75 Å². The molecular weight excluding hydrogens is 617 g/mol. The Hall–Kier alpha value is -3.75. The summed E-state index contributed by atoms with van der Waals surface area (Å²) in [6.45, 7) is 4.75. The Bertz CT molecular complexity index is 1510. The van der Waals surface area contributed by atoms with Crippen molar-refractivity contribution in [2.75, 3.05) is 68.4 Å². The molecule has 14 heteroatoms. The van der Waals surface area contributed by atoms with Crippen molar-refractivity contribution in [1.29, 1.82) is 0 Å². The molecule has 2 amide bonds. The second-order valence-corrected chi connectivity index (χ2v) is 13.9. The van der Waals surface area contributed by atoms with Crippen molar-refractivity contribution in [3.63, 3.8) is 0 Å². The molecule has 46 heavy (non-hydrogen) atoms. The fraction of sp³-hybridized carbons (Fsp3) is 0.531. The highest BCUT2D eigenvalue weighted by molar-refractivity contribution is 7.92. The first-order valence-corrected chi connectivity index (χ1v) is 17.6. The van der Waals surface area contributed by atoms with Crippen LogP contribution >= 0.6 is 0 Å². The first-order chi connectivity index (χ1) is 22.0. The van der Waals surface area contributed by atoms with Crippen LogP contribution in [0.2, 0.25) is 0 Å². The van der Waals surface area contributed by atoms with Crippen LogP contribution in [-0.2, 0) is 24.3 Å². The third kappa shape index (κ3) is 8.74. The molecule has 0 aromatic heterocycles. The Morgan fingerprint density at radius 1 is 1.04 bits per heavy atom. The predicted molar refractivity (Wildman–Crippen MR) is 171 cm³/mol. The Morgan fingerprint density at radius 3 is 2.43 bits per heavy atom. The van der Waals surface area contributed by atoms with Crippen LogP contribution in [0.1, 0.15) is 48.9 Å². The summed E-state index contributed by atoms with van der Waals surface area (Å²) in [5.41, 5.74) is -0.340. The van der Waals surface area contributed by atoms with Gasteiger partial charge < -0.3 is 25.0 Å². The molecule has 0 spiro atoms. The fourth-order valence-electron chi connectivity index (χ4n) is 6.22. The molecule has 0 radical (unpaired) electrons. The molecule has 1 atom stereocenters.